The second-order valence-corrected chi connectivity index (χ2v) is 10.3. The lowest BCUT2D eigenvalue weighted by molar-refractivity contribution is 0.214. The van der Waals surface area contributed by atoms with Crippen molar-refractivity contribution in [1.82, 2.24) is 19.9 Å². The van der Waals surface area contributed by atoms with E-state index in [-0.39, 0.29) is 0 Å². The maximum absolute atomic E-state index is 4.32. The quantitative estimate of drug-likeness (QED) is 0.688. The average molecular weight is 357 g/mol. The molecule has 0 saturated heterocycles. The van der Waals surface area contributed by atoms with E-state index in [0.717, 1.165) is 24.7 Å². The van der Waals surface area contributed by atoms with Gasteiger partial charge in [0.1, 0.15) is 0 Å². The Hall–Kier alpha value is -1.58. The number of rotatable bonds is 0. The van der Waals surface area contributed by atoms with Crippen LogP contribution >= 0.6 is 0 Å². The molecule has 0 spiro atoms. The molecule has 0 aromatic carbocycles. The highest BCUT2D eigenvalue weighted by atomic mass is 14.9. The lowest BCUT2D eigenvalue weighted by Gasteiger charge is -2.33. The summed E-state index contributed by atoms with van der Waals surface area (Å²) in [5.41, 5.74) is 6.18. The van der Waals surface area contributed by atoms with E-state index < -0.39 is 0 Å². The average Bonchev–Trinajstić information content (AvgIpc) is 3.21. The van der Waals surface area contributed by atoms with Gasteiger partial charge in [-0.15, -0.1) is 0 Å². The molecule has 144 valence electrons. The minimum absolute atomic E-state index is 0.433. The molecule has 2 aliphatic rings. The van der Waals surface area contributed by atoms with Crippen molar-refractivity contribution in [3.8, 4) is 0 Å². The molecule has 2 aromatic heterocycles. The SMILES string of the molecule is CC(C)(C)C1CCc2nc[nH]c2C1.CC(C)(C)C1CCc2nc[nH]c2C1. The van der Waals surface area contributed by atoms with Gasteiger partial charge < -0.3 is 9.97 Å². The van der Waals surface area contributed by atoms with Gasteiger partial charge in [0, 0.05) is 11.4 Å². The topological polar surface area (TPSA) is 57.4 Å². The first-order valence-corrected chi connectivity index (χ1v) is 10.2. The van der Waals surface area contributed by atoms with Gasteiger partial charge in [0.25, 0.3) is 0 Å². The summed E-state index contributed by atoms with van der Waals surface area (Å²) in [6, 6.07) is 0. The monoisotopic (exact) mass is 356 g/mol. The highest BCUT2D eigenvalue weighted by Gasteiger charge is 2.30. The zero-order valence-electron chi connectivity index (χ0n) is 17.4. The number of H-pyrrole nitrogens is 2. The number of imidazole rings is 2. The molecule has 0 fully saturated rings. The Bertz CT molecular complexity index is 649. The summed E-state index contributed by atoms with van der Waals surface area (Å²) in [5.74, 6) is 1.61. The van der Waals surface area contributed by atoms with Crippen molar-refractivity contribution < 1.29 is 0 Å². The summed E-state index contributed by atoms with van der Waals surface area (Å²) < 4.78 is 0. The number of fused-ring (bicyclic) bond motifs is 2. The van der Waals surface area contributed by atoms with Gasteiger partial charge in [0.05, 0.1) is 24.0 Å². The van der Waals surface area contributed by atoms with Crippen LogP contribution in [0, 0.1) is 22.7 Å². The molecule has 2 aliphatic carbocycles. The number of aryl methyl sites for hydroxylation is 2. The summed E-state index contributed by atoms with van der Waals surface area (Å²) in [7, 11) is 0. The van der Waals surface area contributed by atoms with E-state index in [0.29, 0.717) is 10.8 Å². The predicted octanol–water partition coefficient (Wildman–Crippen LogP) is 5.12. The minimum Gasteiger partial charge on any atom is -0.348 e. The predicted molar refractivity (Wildman–Crippen MR) is 107 cm³/mol. The normalized spacial score (nSPS) is 22.8. The molecule has 0 saturated carbocycles. The van der Waals surface area contributed by atoms with Crippen LogP contribution in [0.25, 0.3) is 0 Å². The molecular formula is C22H36N4. The molecular weight excluding hydrogens is 320 g/mol. The summed E-state index contributed by atoms with van der Waals surface area (Å²) in [5, 5.41) is 0. The van der Waals surface area contributed by atoms with Gasteiger partial charge in [-0.3, -0.25) is 0 Å². The minimum atomic E-state index is 0.433. The van der Waals surface area contributed by atoms with Crippen molar-refractivity contribution in [2.75, 3.05) is 0 Å². The van der Waals surface area contributed by atoms with E-state index in [1.54, 1.807) is 0 Å². The van der Waals surface area contributed by atoms with E-state index >= 15 is 0 Å². The second kappa shape index (κ2) is 7.21. The van der Waals surface area contributed by atoms with Crippen molar-refractivity contribution >= 4 is 0 Å². The molecule has 2 N–H and O–H groups in total. The van der Waals surface area contributed by atoms with Crippen LogP contribution in [0.5, 0.6) is 0 Å². The fourth-order valence-corrected chi connectivity index (χ4v) is 4.28. The Balaban J connectivity index is 0.000000151. The van der Waals surface area contributed by atoms with E-state index in [1.165, 1.54) is 48.5 Å². The fraction of sp³-hybridized carbons (Fsp3) is 0.727. The molecule has 26 heavy (non-hydrogen) atoms. The van der Waals surface area contributed by atoms with Crippen molar-refractivity contribution in [3.63, 3.8) is 0 Å². The van der Waals surface area contributed by atoms with Crippen LogP contribution < -0.4 is 0 Å². The molecule has 4 heteroatoms. The largest absolute Gasteiger partial charge is 0.348 e. The molecule has 2 unspecified atom stereocenters. The fourth-order valence-electron chi connectivity index (χ4n) is 4.28. The highest BCUT2D eigenvalue weighted by molar-refractivity contribution is 5.16. The van der Waals surface area contributed by atoms with Gasteiger partial charge in [0.15, 0.2) is 0 Å². The lowest BCUT2D eigenvalue weighted by atomic mass is 9.73. The second-order valence-electron chi connectivity index (χ2n) is 10.3. The smallest absolute Gasteiger partial charge is 0.0925 e. The number of hydrogen-bond donors (Lipinski definition) is 2. The number of nitrogens with zero attached hydrogens (tertiary/aromatic N) is 2. The van der Waals surface area contributed by atoms with Crippen LogP contribution in [-0.4, -0.2) is 19.9 Å². The summed E-state index contributed by atoms with van der Waals surface area (Å²) in [6.07, 6.45) is 10.9. The third kappa shape index (κ3) is 4.39. The van der Waals surface area contributed by atoms with Crippen molar-refractivity contribution in [2.24, 2.45) is 22.7 Å². The molecule has 0 aliphatic heterocycles. The maximum atomic E-state index is 4.32. The lowest BCUT2D eigenvalue weighted by Crippen LogP contribution is -2.26. The van der Waals surface area contributed by atoms with Gasteiger partial charge in [0.2, 0.25) is 0 Å². The number of aromatic amines is 2. The Labute approximate surface area is 158 Å². The van der Waals surface area contributed by atoms with Crippen LogP contribution in [-0.2, 0) is 25.7 Å². The van der Waals surface area contributed by atoms with E-state index in [2.05, 4.69) is 61.5 Å². The van der Waals surface area contributed by atoms with Crippen LogP contribution in [0.4, 0.5) is 0 Å². The van der Waals surface area contributed by atoms with Gasteiger partial charge >= 0.3 is 0 Å². The Morgan fingerprint density at radius 2 is 1.12 bits per heavy atom. The summed E-state index contributed by atoms with van der Waals surface area (Å²) in [6.45, 7) is 14.0. The van der Waals surface area contributed by atoms with Crippen molar-refractivity contribution in [3.05, 3.63) is 35.4 Å². The highest BCUT2D eigenvalue weighted by Crippen LogP contribution is 2.36. The van der Waals surface area contributed by atoms with E-state index in [1.807, 2.05) is 12.7 Å². The third-order valence-corrected chi connectivity index (χ3v) is 6.42. The van der Waals surface area contributed by atoms with E-state index in [9.17, 15) is 0 Å². The first-order chi connectivity index (χ1) is 12.1. The Morgan fingerprint density at radius 3 is 1.46 bits per heavy atom. The molecule has 4 rings (SSSR count). The van der Waals surface area contributed by atoms with Gasteiger partial charge in [-0.1, -0.05) is 41.5 Å². The first-order valence-electron chi connectivity index (χ1n) is 10.2. The number of aromatic nitrogens is 4. The zero-order chi connectivity index (χ0) is 18.9. The number of hydrogen-bond acceptors (Lipinski definition) is 2. The standard InChI is InChI=1S/2C11H18N2/c2*1-11(2,3)8-4-5-9-10(6-8)13-7-12-9/h2*7-8H,4-6H2,1-3H3,(H,12,13). The zero-order valence-corrected chi connectivity index (χ0v) is 17.4. The van der Waals surface area contributed by atoms with Gasteiger partial charge in [-0.05, 0) is 61.2 Å². The summed E-state index contributed by atoms with van der Waals surface area (Å²) in [4.78, 5) is 15.1. The third-order valence-electron chi connectivity index (χ3n) is 6.42. The van der Waals surface area contributed by atoms with Crippen molar-refractivity contribution in [1.29, 1.82) is 0 Å². The molecule has 2 atom stereocenters. The summed E-state index contributed by atoms with van der Waals surface area (Å²) >= 11 is 0. The van der Waals surface area contributed by atoms with Crippen molar-refractivity contribution in [2.45, 2.75) is 80.1 Å². The van der Waals surface area contributed by atoms with Crippen LogP contribution in [0.1, 0.15) is 77.2 Å². The van der Waals surface area contributed by atoms with Crippen LogP contribution in [0.3, 0.4) is 0 Å². The molecule has 0 amide bonds. The first kappa shape index (κ1) is 19.2. The molecule has 4 nitrogen and oxygen atoms in total. The van der Waals surface area contributed by atoms with Gasteiger partial charge in [-0.25, -0.2) is 9.97 Å². The van der Waals surface area contributed by atoms with Crippen LogP contribution in [0.2, 0.25) is 0 Å². The molecule has 0 bridgehead atoms. The van der Waals surface area contributed by atoms with E-state index in [4.69, 9.17) is 0 Å². The maximum Gasteiger partial charge on any atom is 0.0925 e. The number of nitrogens with one attached hydrogen (secondary N) is 2. The van der Waals surface area contributed by atoms with Crippen LogP contribution in [0.15, 0.2) is 12.7 Å². The Kier molecular flexibility index (Phi) is 5.32. The van der Waals surface area contributed by atoms with Gasteiger partial charge in [-0.2, -0.15) is 0 Å². The molecule has 2 aromatic rings. The molecule has 0 radical (unpaired) electrons. The Morgan fingerprint density at radius 1 is 0.731 bits per heavy atom. The molecule has 2 heterocycles.